The maximum absolute atomic E-state index is 13.3. The van der Waals surface area contributed by atoms with Crippen LogP contribution in [0.15, 0.2) is 68.6 Å². The van der Waals surface area contributed by atoms with Crippen LogP contribution >= 0.6 is 0 Å². The fourth-order valence-electron chi connectivity index (χ4n) is 3.88. The van der Waals surface area contributed by atoms with Crippen molar-refractivity contribution in [2.75, 3.05) is 21.0 Å². The standard InChI is InChI=1S/C24H21NO6/c1-27-21-7-5-15(10-22(21)28-2)19-13-30-24-17(23(19)26)6-8-20-18(24)12-25(14-31-20)11-16-4-3-9-29-16/h3-10,13H,11-12,14H2,1-2H3. The minimum absolute atomic E-state index is 0.112. The van der Waals surface area contributed by atoms with Crippen LogP contribution in [0.2, 0.25) is 0 Å². The Morgan fingerprint density at radius 1 is 1.03 bits per heavy atom. The Balaban J connectivity index is 1.54. The van der Waals surface area contributed by atoms with E-state index in [9.17, 15) is 4.79 Å². The lowest BCUT2D eigenvalue weighted by atomic mass is 10.0. The highest BCUT2D eigenvalue weighted by Gasteiger charge is 2.23. The molecule has 1 aliphatic heterocycles. The molecule has 0 amide bonds. The summed E-state index contributed by atoms with van der Waals surface area (Å²) in [6.07, 6.45) is 3.15. The molecular formula is C24H21NO6. The summed E-state index contributed by atoms with van der Waals surface area (Å²) in [7, 11) is 3.13. The van der Waals surface area contributed by atoms with Gasteiger partial charge in [-0.2, -0.15) is 0 Å². The van der Waals surface area contributed by atoms with Gasteiger partial charge in [-0.05, 0) is 42.0 Å². The van der Waals surface area contributed by atoms with Gasteiger partial charge in [0.1, 0.15) is 30.1 Å². The molecule has 2 aromatic heterocycles. The molecule has 0 N–H and O–H groups in total. The average Bonchev–Trinajstić information content (AvgIpc) is 3.32. The van der Waals surface area contributed by atoms with E-state index in [0.717, 1.165) is 17.1 Å². The number of furan rings is 1. The van der Waals surface area contributed by atoms with E-state index in [4.69, 9.17) is 23.0 Å². The first-order chi connectivity index (χ1) is 15.2. The SMILES string of the molecule is COc1ccc(-c2coc3c4c(ccc3c2=O)OCN(Cc2ccco2)C4)cc1OC. The minimum atomic E-state index is -0.112. The van der Waals surface area contributed by atoms with E-state index in [1.54, 1.807) is 38.7 Å². The number of rotatable bonds is 5. The van der Waals surface area contributed by atoms with Crippen molar-refractivity contribution in [3.63, 3.8) is 0 Å². The molecule has 0 atom stereocenters. The van der Waals surface area contributed by atoms with E-state index in [1.165, 1.54) is 6.26 Å². The van der Waals surface area contributed by atoms with Crippen molar-refractivity contribution in [2.45, 2.75) is 13.1 Å². The first-order valence-corrected chi connectivity index (χ1v) is 9.85. The van der Waals surface area contributed by atoms with Gasteiger partial charge in [-0.3, -0.25) is 9.69 Å². The maximum atomic E-state index is 13.3. The second-order valence-corrected chi connectivity index (χ2v) is 7.31. The molecule has 4 aromatic rings. The van der Waals surface area contributed by atoms with Gasteiger partial charge in [-0.25, -0.2) is 0 Å². The van der Waals surface area contributed by atoms with Crippen LogP contribution in [-0.2, 0) is 13.1 Å². The number of benzene rings is 2. The number of ether oxygens (including phenoxy) is 3. The Morgan fingerprint density at radius 2 is 1.90 bits per heavy atom. The Bertz CT molecular complexity index is 1290. The van der Waals surface area contributed by atoms with Gasteiger partial charge in [-0.15, -0.1) is 0 Å². The van der Waals surface area contributed by atoms with E-state index >= 15 is 0 Å². The summed E-state index contributed by atoms with van der Waals surface area (Å²) in [6, 6.07) is 12.7. The summed E-state index contributed by atoms with van der Waals surface area (Å²) >= 11 is 0. The predicted octanol–water partition coefficient (Wildman–Crippen LogP) is 4.42. The van der Waals surface area contributed by atoms with Gasteiger partial charge in [-0.1, -0.05) is 6.07 Å². The molecule has 3 heterocycles. The third-order valence-corrected chi connectivity index (χ3v) is 5.44. The van der Waals surface area contributed by atoms with Gasteiger partial charge >= 0.3 is 0 Å². The van der Waals surface area contributed by atoms with Crippen molar-refractivity contribution in [1.29, 1.82) is 0 Å². The molecule has 0 aliphatic carbocycles. The van der Waals surface area contributed by atoms with Crippen LogP contribution in [0.1, 0.15) is 11.3 Å². The summed E-state index contributed by atoms with van der Waals surface area (Å²) in [5, 5.41) is 0.509. The molecule has 0 saturated heterocycles. The van der Waals surface area contributed by atoms with Crippen LogP contribution < -0.4 is 19.6 Å². The van der Waals surface area contributed by atoms with Gasteiger partial charge < -0.3 is 23.0 Å². The molecule has 158 valence electrons. The van der Waals surface area contributed by atoms with Crippen molar-refractivity contribution in [1.82, 2.24) is 4.90 Å². The first-order valence-electron chi connectivity index (χ1n) is 9.85. The second-order valence-electron chi connectivity index (χ2n) is 7.31. The lowest BCUT2D eigenvalue weighted by Crippen LogP contribution is -2.31. The highest BCUT2D eigenvalue weighted by atomic mass is 16.5. The zero-order chi connectivity index (χ0) is 21.4. The number of methoxy groups -OCH3 is 2. The van der Waals surface area contributed by atoms with E-state index in [0.29, 0.717) is 53.4 Å². The largest absolute Gasteiger partial charge is 0.493 e. The number of hydrogen-bond acceptors (Lipinski definition) is 7. The molecule has 0 bridgehead atoms. The van der Waals surface area contributed by atoms with Crippen molar-refractivity contribution < 1.29 is 23.0 Å². The summed E-state index contributed by atoms with van der Waals surface area (Å²) < 4.78 is 28.0. The van der Waals surface area contributed by atoms with E-state index in [2.05, 4.69) is 4.90 Å². The molecule has 5 rings (SSSR count). The van der Waals surface area contributed by atoms with Crippen molar-refractivity contribution in [3.8, 4) is 28.4 Å². The van der Waals surface area contributed by atoms with E-state index in [-0.39, 0.29) is 5.43 Å². The summed E-state index contributed by atoms with van der Waals surface area (Å²) in [4.78, 5) is 15.4. The Labute approximate surface area is 178 Å². The number of nitrogens with zero attached hydrogens (tertiary/aromatic N) is 1. The van der Waals surface area contributed by atoms with Gasteiger partial charge in [0.05, 0.1) is 43.5 Å². The molecule has 31 heavy (non-hydrogen) atoms. The molecule has 7 nitrogen and oxygen atoms in total. The molecule has 0 saturated carbocycles. The first kappa shape index (κ1) is 19.3. The lowest BCUT2D eigenvalue weighted by molar-refractivity contribution is 0.0826. The van der Waals surface area contributed by atoms with E-state index < -0.39 is 0 Å². The van der Waals surface area contributed by atoms with Crippen molar-refractivity contribution >= 4 is 11.0 Å². The number of fused-ring (bicyclic) bond motifs is 3. The number of hydrogen-bond donors (Lipinski definition) is 0. The van der Waals surface area contributed by atoms with Crippen LogP contribution in [0, 0.1) is 0 Å². The fraction of sp³-hybridized carbons (Fsp3) is 0.208. The van der Waals surface area contributed by atoms with Crippen LogP contribution in [-0.4, -0.2) is 25.9 Å². The normalized spacial score (nSPS) is 13.6. The van der Waals surface area contributed by atoms with Crippen molar-refractivity contribution in [3.05, 3.63) is 76.5 Å². The molecule has 2 aromatic carbocycles. The van der Waals surface area contributed by atoms with E-state index in [1.807, 2.05) is 24.3 Å². The highest BCUT2D eigenvalue weighted by Crippen LogP contribution is 2.35. The summed E-state index contributed by atoms with van der Waals surface area (Å²) in [5.41, 5.74) is 2.43. The zero-order valence-corrected chi connectivity index (χ0v) is 17.2. The van der Waals surface area contributed by atoms with Crippen LogP contribution in [0.4, 0.5) is 0 Å². The summed E-state index contributed by atoms with van der Waals surface area (Å²) in [6.45, 7) is 1.63. The molecular weight excluding hydrogens is 398 g/mol. The quantitative estimate of drug-likeness (QED) is 0.474. The molecule has 0 fully saturated rings. The molecule has 0 unspecified atom stereocenters. The Morgan fingerprint density at radius 3 is 2.68 bits per heavy atom. The molecule has 1 aliphatic rings. The predicted molar refractivity (Wildman–Crippen MR) is 114 cm³/mol. The maximum Gasteiger partial charge on any atom is 0.200 e. The molecule has 0 radical (unpaired) electrons. The summed E-state index contributed by atoms with van der Waals surface area (Å²) in [5.74, 6) is 2.72. The van der Waals surface area contributed by atoms with Gasteiger partial charge in [0.25, 0.3) is 0 Å². The zero-order valence-electron chi connectivity index (χ0n) is 17.2. The topological polar surface area (TPSA) is 74.3 Å². The van der Waals surface area contributed by atoms with Gasteiger partial charge in [0.2, 0.25) is 5.43 Å². The molecule has 7 heteroatoms. The van der Waals surface area contributed by atoms with Crippen molar-refractivity contribution in [2.24, 2.45) is 0 Å². The third-order valence-electron chi connectivity index (χ3n) is 5.44. The highest BCUT2D eigenvalue weighted by molar-refractivity contribution is 5.86. The fourth-order valence-corrected chi connectivity index (χ4v) is 3.88. The monoisotopic (exact) mass is 419 g/mol. The second kappa shape index (κ2) is 7.85. The van der Waals surface area contributed by atoms with Gasteiger partial charge in [0, 0.05) is 6.54 Å². The van der Waals surface area contributed by atoms with Gasteiger partial charge in [0.15, 0.2) is 11.5 Å². The minimum Gasteiger partial charge on any atom is -0.493 e. The smallest absolute Gasteiger partial charge is 0.200 e. The van der Waals surface area contributed by atoms with Crippen LogP contribution in [0.25, 0.3) is 22.1 Å². The average molecular weight is 419 g/mol. The third kappa shape index (κ3) is 3.43. The van der Waals surface area contributed by atoms with Crippen LogP contribution in [0.3, 0.4) is 0 Å². The lowest BCUT2D eigenvalue weighted by Gasteiger charge is -2.28. The van der Waals surface area contributed by atoms with Crippen LogP contribution in [0.5, 0.6) is 17.2 Å². The molecule has 0 spiro atoms. The Hall–Kier alpha value is -3.71. The Kier molecular flexibility index (Phi) is 4.88.